The van der Waals surface area contributed by atoms with Crippen molar-refractivity contribution < 1.29 is 5.21 Å². The molecule has 66 valence electrons. The lowest BCUT2D eigenvalue weighted by atomic mass is 10.1. The molecule has 3 heteroatoms. The van der Waals surface area contributed by atoms with E-state index in [-0.39, 0.29) is 5.56 Å². The maximum atomic E-state index is 11.1. The van der Waals surface area contributed by atoms with E-state index in [9.17, 15) is 10.0 Å². The average molecular weight is 167 g/mol. The Hall–Kier alpha value is -1.25. The Morgan fingerprint density at radius 2 is 2.08 bits per heavy atom. The van der Waals surface area contributed by atoms with Crippen LogP contribution in [0.3, 0.4) is 0 Å². The summed E-state index contributed by atoms with van der Waals surface area (Å²) in [6.07, 6.45) is 0.822. The van der Waals surface area contributed by atoms with Crippen LogP contribution in [0, 0.1) is 13.8 Å². The van der Waals surface area contributed by atoms with E-state index in [4.69, 9.17) is 0 Å². The number of rotatable bonds is 1. The molecule has 1 heterocycles. The van der Waals surface area contributed by atoms with Crippen LogP contribution in [0.1, 0.15) is 23.7 Å². The maximum Gasteiger partial charge on any atom is 0.283 e. The molecule has 0 radical (unpaired) electrons. The molecule has 1 aromatic rings. The number of aromatic nitrogens is 1. The van der Waals surface area contributed by atoms with Crippen LogP contribution >= 0.6 is 0 Å². The molecule has 12 heavy (non-hydrogen) atoms. The van der Waals surface area contributed by atoms with Crippen molar-refractivity contribution >= 4 is 0 Å². The van der Waals surface area contributed by atoms with Crippen LogP contribution in [0.4, 0.5) is 0 Å². The summed E-state index contributed by atoms with van der Waals surface area (Å²) in [5, 5.41) is 9.21. The molecule has 0 aliphatic rings. The zero-order valence-corrected chi connectivity index (χ0v) is 7.59. The van der Waals surface area contributed by atoms with Gasteiger partial charge in [-0.2, -0.15) is 4.73 Å². The molecular weight excluding hydrogens is 154 g/mol. The van der Waals surface area contributed by atoms with E-state index >= 15 is 0 Å². The quantitative estimate of drug-likeness (QED) is 0.640. The summed E-state index contributed by atoms with van der Waals surface area (Å²) in [6.45, 7) is 5.62. The summed E-state index contributed by atoms with van der Waals surface area (Å²) in [5.74, 6) is 0. The summed E-state index contributed by atoms with van der Waals surface area (Å²) in [6, 6.07) is 1.47. The SMILES string of the molecule is CCc1cc(=O)n(O)c(C)c1C. The van der Waals surface area contributed by atoms with Gasteiger partial charge in [0.2, 0.25) is 0 Å². The van der Waals surface area contributed by atoms with Gasteiger partial charge in [-0.3, -0.25) is 4.79 Å². The fourth-order valence-electron chi connectivity index (χ4n) is 1.24. The first-order valence-electron chi connectivity index (χ1n) is 3.99. The van der Waals surface area contributed by atoms with Gasteiger partial charge in [-0.15, -0.1) is 0 Å². The van der Waals surface area contributed by atoms with Gasteiger partial charge < -0.3 is 5.21 Å². The fourth-order valence-corrected chi connectivity index (χ4v) is 1.24. The van der Waals surface area contributed by atoms with Crippen molar-refractivity contribution in [2.45, 2.75) is 27.2 Å². The second-order valence-electron chi connectivity index (χ2n) is 2.88. The molecule has 0 unspecified atom stereocenters. The molecule has 0 atom stereocenters. The number of hydrogen-bond donors (Lipinski definition) is 1. The molecule has 0 saturated heterocycles. The molecule has 1 rings (SSSR count). The summed E-state index contributed by atoms with van der Waals surface area (Å²) < 4.78 is 0.689. The maximum absolute atomic E-state index is 11.1. The van der Waals surface area contributed by atoms with Gasteiger partial charge in [0.1, 0.15) is 0 Å². The minimum atomic E-state index is -0.352. The lowest BCUT2D eigenvalue weighted by Crippen LogP contribution is -2.21. The van der Waals surface area contributed by atoms with Crippen molar-refractivity contribution in [1.82, 2.24) is 4.73 Å². The van der Waals surface area contributed by atoms with Crippen molar-refractivity contribution in [2.75, 3.05) is 0 Å². The lowest BCUT2D eigenvalue weighted by molar-refractivity contribution is 0.167. The predicted octanol–water partition coefficient (Wildman–Crippen LogP) is 1.26. The highest BCUT2D eigenvalue weighted by atomic mass is 16.5. The molecule has 0 spiro atoms. The topological polar surface area (TPSA) is 42.2 Å². The normalized spacial score (nSPS) is 10.2. The first-order valence-corrected chi connectivity index (χ1v) is 3.99. The van der Waals surface area contributed by atoms with Crippen LogP contribution in [-0.2, 0) is 6.42 Å². The van der Waals surface area contributed by atoms with Gasteiger partial charge in [0, 0.05) is 6.07 Å². The van der Waals surface area contributed by atoms with Gasteiger partial charge in [0.25, 0.3) is 5.56 Å². The van der Waals surface area contributed by atoms with E-state index in [1.165, 1.54) is 6.07 Å². The highest BCUT2D eigenvalue weighted by Gasteiger charge is 2.05. The largest absolute Gasteiger partial charge is 0.425 e. The van der Waals surface area contributed by atoms with Crippen molar-refractivity contribution in [3.05, 3.63) is 33.2 Å². The molecular formula is C9H13NO2. The molecule has 0 bridgehead atoms. The number of hydrogen-bond acceptors (Lipinski definition) is 2. The molecule has 0 aromatic carbocycles. The Kier molecular flexibility index (Phi) is 2.22. The molecule has 1 N–H and O–H groups in total. The second kappa shape index (κ2) is 3.01. The Bertz CT molecular complexity index is 352. The minimum Gasteiger partial charge on any atom is -0.425 e. The van der Waals surface area contributed by atoms with Crippen LogP contribution in [0.5, 0.6) is 0 Å². The molecule has 0 amide bonds. The van der Waals surface area contributed by atoms with Crippen molar-refractivity contribution in [2.24, 2.45) is 0 Å². The van der Waals surface area contributed by atoms with E-state index in [0.29, 0.717) is 10.4 Å². The van der Waals surface area contributed by atoms with Crippen LogP contribution in [-0.4, -0.2) is 9.94 Å². The standard InChI is InChI=1S/C9H13NO2/c1-4-8-5-9(11)10(12)7(3)6(8)2/h5,12H,4H2,1-3H3. The van der Waals surface area contributed by atoms with Gasteiger partial charge in [-0.05, 0) is 31.4 Å². The summed E-state index contributed by atoms with van der Waals surface area (Å²) in [7, 11) is 0. The van der Waals surface area contributed by atoms with Crippen LogP contribution < -0.4 is 5.56 Å². The number of nitrogens with zero attached hydrogens (tertiary/aromatic N) is 1. The summed E-state index contributed by atoms with van der Waals surface area (Å²) in [5.41, 5.74) is 2.26. The fraction of sp³-hybridized carbons (Fsp3) is 0.444. The van der Waals surface area contributed by atoms with Crippen molar-refractivity contribution in [3.8, 4) is 0 Å². The Morgan fingerprint density at radius 3 is 2.58 bits per heavy atom. The first-order chi connectivity index (χ1) is 5.57. The van der Waals surface area contributed by atoms with E-state index < -0.39 is 0 Å². The molecule has 0 fully saturated rings. The van der Waals surface area contributed by atoms with Crippen LogP contribution in [0.2, 0.25) is 0 Å². The smallest absolute Gasteiger partial charge is 0.283 e. The van der Waals surface area contributed by atoms with Gasteiger partial charge in [0.15, 0.2) is 0 Å². The van der Waals surface area contributed by atoms with E-state index in [1.807, 2.05) is 13.8 Å². The average Bonchev–Trinajstić information content (AvgIpc) is 2.08. The van der Waals surface area contributed by atoms with Crippen molar-refractivity contribution in [1.29, 1.82) is 0 Å². The monoisotopic (exact) mass is 167 g/mol. The highest BCUT2D eigenvalue weighted by molar-refractivity contribution is 5.28. The lowest BCUT2D eigenvalue weighted by Gasteiger charge is -2.08. The Balaban J connectivity index is 3.50. The molecule has 3 nitrogen and oxygen atoms in total. The minimum absolute atomic E-state index is 0.352. The number of pyridine rings is 1. The van der Waals surface area contributed by atoms with Crippen LogP contribution in [0.25, 0.3) is 0 Å². The second-order valence-corrected chi connectivity index (χ2v) is 2.88. The van der Waals surface area contributed by atoms with Gasteiger partial charge in [-0.25, -0.2) is 0 Å². The van der Waals surface area contributed by atoms with E-state index in [2.05, 4.69) is 0 Å². The first kappa shape index (κ1) is 8.84. The van der Waals surface area contributed by atoms with Crippen molar-refractivity contribution in [3.63, 3.8) is 0 Å². The molecule has 0 saturated carbocycles. The summed E-state index contributed by atoms with van der Waals surface area (Å²) >= 11 is 0. The van der Waals surface area contributed by atoms with Gasteiger partial charge in [-0.1, -0.05) is 6.92 Å². The Labute approximate surface area is 71.2 Å². The number of aryl methyl sites for hydroxylation is 1. The Morgan fingerprint density at radius 1 is 1.50 bits per heavy atom. The van der Waals surface area contributed by atoms with Crippen LogP contribution in [0.15, 0.2) is 10.9 Å². The van der Waals surface area contributed by atoms with Gasteiger partial charge in [0.05, 0.1) is 5.69 Å². The summed E-state index contributed by atoms with van der Waals surface area (Å²) in [4.78, 5) is 11.1. The van der Waals surface area contributed by atoms with E-state index in [0.717, 1.165) is 17.5 Å². The molecule has 0 aliphatic heterocycles. The predicted molar refractivity (Wildman–Crippen MR) is 46.7 cm³/mol. The zero-order chi connectivity index (χ0) is 9.30. The molecule has 1 aromatic heterocycles. The zero-order valence-electron chi connectivity index (χ0n) is 7.59. The molecule has 0 aliphatic carbocycles. The van der Waals surface area contributed by atoms with Gasteiger partial charge >= 0.3 is 0 Å². The highest BCUT2D eigenvalue weighted by Crippen LogP contribution is 2.09. The van der Waals surface area contributed by atoms with E-state index in [1.54, 1.807) is 6.92 Å². The third-order valence-corrected chi connectivity index (χ3v) is 2.23. The third kappa shape index (κ3) is 1.22. The third-order valence-electron chi connectivity index (χ3n) is 2.23.